The molecule has 0 saturated heterocycles. The molecule has 0 heterocycles. The lowest BCUT2D eigenvalue weighted by Crippen LogP contribution is -2.32. The van der Waals surface area contributed by atoms with E-state index in [4.69, 9.17) is 20.9 Å². The molecule has 0 aliphatic heterocycles. The summed E-state index contributed by atoms with van der Waals surface area (Å²) in [6, 6.07) is 0. The summed E-state index contributed by atoms with van der Waals surface area (Å²) < 4.78 is 10.2. The van der Waals surface area contributed by atoms with Crippen molar-refractivity contribution >= 4 is 23.9 Å². The van der Waals surface area contributed by atoms with E-state index in [2.05, 4.69) is 89.1 Å². The van der Waals surface area contributed by atoms with Crippen molar-refractivity contribution in [1.82, 2.24) is 10.2 Å². The minimum absolute atomic E-state index is 0.000873. The Morgan fingerprint density at radius 3 is 1.76 bits per heavy atom. The van der Waals surface area contributed by atoms with Crippen LogP contribution >= 0.6 is 0 Å². The summed E-state index contributed by atoms with van der Waals surface area (Å²) in [7, 11) is 3.35. The summed E-state index contributed by atoms with van der Waals surface area (Å²) in [4.78, 5) is 32.1. The number of carbonyl (C=O) groups excluding carboxylic acids is 2. The lowest BCUT2D eigenvalue weighted by atomic mass is 10.2. The SMILES string of the molecule is CCC=CCC=CCC=CCC=CCC=CCC=CCCC(=O)NCCOCCOC(=O)N=C(N)N=C(N)N(C)C. The molecule has 0 aromatic rings. The van der Waals surface area contributed by atoms with Gasteiger partial charge in [0.1, 0.15) is 6.61 Å². The highest BCUT2D eigenvalue weighted by Crippen LogP contribution is 1.98. The molecule has 0 saturated carbocycles. The van der Waals surface area contributed by atoms with Gasteiger partial charge < -0.3 is 31.2 Å². The van der Waals surface area contributed by atoms with Gasteiger partial charge in [-0.25, -0.2) is 4.79 Å². The van der Waals surface area contributed by atoms with Crippen molar-refractivity contribution in [3.05, 3.63) is 72.9 Å². The number of amides is 2. The number of guanidine groups is 2. The molecule has 0 aromatic heterocycles. The molecule has 5 N–H and O–H groups in total. The first-order chi connectivity index (χ1) is 19.9. The van der Waals surface area contributed by atoms with Crippen molar-refractivity contribution in [2.75, 3.05) is 40.5 Å². The molecule has 0 rings (SSSR count). The smallest absolute Gasteiger partial charge is 0.436 e. The van der Waals surface area contributed by atoms with E-state index < -0.39 is 6.09 Å². The van der Waals surface area contributed by atoms with Gasteiger partial charge in [0, 0.05) is 27.1 Å². The van der Waals surface area contributed by atoms with Crippen LogP contribution in [-0.4, -0.2) is 69.3 Å². The molecule has 0 aliphatic carbocycles. The van der Waals surface area contributed by atoms with Crippen LogP contribution in [0.25, 0.3) is 0 Å². The van der Waals surface area contributed by atoms with Crippen LogP contribution < -0.4 is 16.8 Å². The van der Waals surface area contributed by atoms with Crippen LogP contribution in [0.15, 0.2) is 82.9 Å². The van der Waals surface area contributed by atoms with Gasteiger partial charge in [0.15, 0.2) is 5.96 Å². The Bertz CT molecular complexity index is 946. The third kappa shape index (κ3) is 27.4. The quantitative estimate of drug-likeness (QED) is 0.0815. The monoisotopic (exact) mass is 570 g/mol. The first kappa shape index (κ1) is 37.1. The van der Waals surface area contributed by atoms with Crippen molar-refractivity contribution in [1.29, 1.82) is 0 Å². The molecule has 2 amide bonds. The Kier molecular flexibility index (Phi) is 25.0. The third-order valence-corrected chi connectivity index (χ3v) is 5.05. The average Bonchev–Trinajstić information content (AvgIpc) is 2.93. The molecule has 0 unspecified atom stereocenters. The van der Waals surface area contributed by atoms with E-state index in [1.54, 1.807) is 14.1 Å². The molecule has 10 heteroatoms. The first-order valence-electron chi connectivity index (χ1n) is 14.1. The number of nitrogens with zero attached hydrogens (tertiary/aromatic N) is 3. The van der Waals surface area contributed by atoms with Crippen molar-refractivity contribution in [3.8, 4) is 0 Å². The molecular weight excluding hydrogens is 520 g/mol. The molecule has 0 aromatic carbocycles. The van der Waals surface area contributed by atoms with Gasteiger partial charge in [0.25, 0.3) is 0 Å². The van der Waals surface area contributed by atoms with Gasteiger partial charge >= 0.3 is 6.09 Å². The highest BCUT2D eigenvalue weighted by atomic mass is 16.6. The maximum atomic E-state index is 11.9. The number of rotatable bonds is 20. The Hall–Kier alpha value is -3.92. The molecule has 0 radical (unpaired) electrons. The fourth-order valence-electron chi connectivity index (χ4n) is 2.86. The summed E-state index contributed by atoms with van der Waals surface area (Å²) in [5, 5.41) is 2.79. The molecule has 228 valence electrons. The zero-order valence-electron chi connectivity index (χ0n) is 25.0. The van der Waals surface area contributed by atoms with E-state index in [9.17, 15) is 9.59 Å². The van der Waals surface area contributed by atoms with Gasteiger partial charge in [-0.2, -0.15) is 4.99 Å². The number of nitrogens with one attached hydrogen (secondary N) is 1. The zero-order chi connectivity index (χ0) is 30.4. The zero-order valence-corrected chi connectivity index (χ0v) is 25.0. The fourth-order valence-corrected chi connectivity index (χ4v) is 2.86. The molecule has 0 aliphatic rings. The van der Waals surface area contributed by atoms with Crippen LogP contribution in [-0.2, 0) is 14.3 Å². The highest BCUT2D eigenvalue weighted by molar-refractivity contribution is 5.97. The van der Waals surface area contributed by atoms with Crippen LogP contribution in [0.2, 0.25) is 0 Å². The van der Waals surface area contributed by atoms with Crippen LogP contribution in [0.3, 0.4) is 0 Å². The van der Waals surface area contributed by atoms with Crippen LogP contribution in [0.4, 0.5) is 4.79 Å². The third-order valence-electron chi connectivity index (χ3n) is 5.05. The highest BCUT2D eigenvalue weighted by Gasteiger charge is 2.03. The lowest BCUT2D eigenvalue weighted by Gasteiger charge is -2.09. The Balaban J connectivity index is 3.70. The van der Waals surface area contributed by atoms with Gasteiger partial charge in [-0.1, -0.05) is 79.8 Å². The van der Waals surface area contributed by atoms with Gasteiger partial charge in [-0.3, -0.25) is 4.79 Å². The predicted octanol–water partition coefficient (Wildman–Crippen LogP) is 4.92. The second kappa shape index (κ2) is 27.6. The Labute approximate surface area is 246 Å². The number of carbonyl (C=O) groups is 2. The normalized spacial score (nSPS) is 13.1. The maximum absolute atomic E-state index is 11.9. The Morgan fingerprint density at radius 1 is 0.732 bits per heavy atom. The number of allylic oxidation sites excluding steroid dienone is 12. The minimum Gasteiger partial charge on any atom is -0.445 e. The van der Waals surface area contributed by atoms with E-state index in [1.165, 1.54) is 4.90 Å². The molecule has 41 heavy (non-hydrogen) atoms. The molecule has 0 atom stereocenters. The van der Waals surface area contributed by atoms with E-state index in [0.717, 1.165) is 38.5 Å². The summed E-state index contributed by atoms with van der Waals surface area (Å²) in [6.45, 7) is 2.99. The molecular formula is C31H50N6O4. The van der Waals surface area contributed by atoms with E-state index in [1.807, 2.05) is 6.08 Å². The second-order valence-corrected chi connectivity index (χ2v) is 8.86. The molecule has 0 bridgehead atoms. The van der Waals surface area contributed by atoms with Gasteiger partial charge in [-0.15, -0.1) is 4.99 Å². The summed E-state index contributed by atoms with van der Waals surface area (Å²) >= 11 is 0. The van der Waals surface area contributed by atoms with E-state index >= 15 is 0 Å². The molecule has 0 fully saturated rings. The van der Waals surface area contributed by atoms with Crippen molar-refractivity contribution in [2.24, 2.45) is 21.5 Å². The van der Waals surface area contributed by atoms with Crippen molar-refractivity contribution in [2.45, 2.75) is 58.3 Å². The van der Waals surface area contributed by atoms with Crippen LogP contribution in [0, 0.1) is 0 Å². The van der Waals surface area contributed by atoms with E-state index in [0.29, 0.717) is 26.0 Å². The average molecular weight is 571 g/mol. The van der Waals surface area contributed by atoms with Gasteiger partial charge in [0.05, 0.1) is 13.2 Å². The number of hydrogen-bond donors (Lipinski definition) is 3. The van der Waals surface area contributed by atoms with Crippen LogP contribution in [0.5, 0.6) is 0 Å². The number of hydrogen-bond acceptors (Lipinski definition) is 4. The predicted molar refractivity (Wildman–Crippen MR) is 170 cm³/mol. The minimum atomic E-state index is -0.885. The Morgan fingerprint density at radius 2 is 1.24 bits per heavy atom. The molecule has 10 nitrogen and oxygen atoms in total. The largest absolute Gasteiger partial charge is 0.445 e. The van der Waals surface area contributed by atoms with Crippen molar-refractivity contribution < 1.29 is 19.1 Å². The van der Waals surface area contributed by atoms with Gasteiger partial charge in [0.2, 0.25) is 11.9 Å². The first-order valence-corrected chi connectivity index (χ1v) is 14.1. The second-order valence-electron chi connectivity index (χ2n) is 8.86. The van der Waals surface area contributed by atoms with Crippen molar-refractivity contribution in [3.63, 3.8) is 0 Å². The number of nitrogens with two attached hydrogens (primary N) is 2. The lowest BCUT2D eigenvalue weighted by molar-refractivity contribution is -0.121. The number of aliphatic imine (C=N–C) groups is 2. The number of ether oxygens (including phenoxy) is 2. The summed E-state index contributed by atoms with van der Waals surface area (Å²) in [5.74, 6) is -0.224. The maximum Gasteiger partial charge on any atom is 0.436 e. The molecule has 0 spiro atoms. The van der Waals surface area contributed by atoms with E-state index in [-0.39, 0.29) is 31.0 Å². The summed E-state index contributed by atoms with van der Waals surface area (Å²) in [6.07, 6.45) is 31.9. The van der Waals surface area contributed by atoms with Crippen LogP contribution in [0.1, 0.15) is 58.3 Å². The summed E-state index contributed by atoms with van der Waals surface area (Å²) in [5.41, 5.74) is 11.1. The van der Waals surface area contributed by atoms with Gasteiger partial charge in [-0.05, 0) is 44.9 Å². The topological polar surface area (TPSA) is 145 Å². The fraction of sp³-hybridized carbons (Fsp3) is 0.484. The standard InChI is InChI=1S/C31H50N6O4/c1-4-5-6-7-8-9-10-11-12-13-14-15-16-17-18-19-20-21-22-23-28(38)34-24-25-40-26-27-41-31(39)36-29(32)35-30(33)37(2)3/h5-6,8-9,11-12,14-15,17-18,20-21H,4,7,10,13,16,19,22-27H2,1-3H3,(H,34,38)(H4,32,33,35,36,39).